The molecule has 8 aromatic carbocycles. The minimum atomic E-state index is 0.897. The van der Waals surface area contributed by atoms with Crippen LogP contribution in [0.1, 0.15) is 0 Å². The number of nitrogens with zero attached hydrogens (tertiary/aromatic N) is 2. The first-order chi connectivity index (χ1) is 30.2. The maximum absolute atomic E-state index is 5.63. The van der Waals surface area contributed by atoms with Crippen molar-refractivity contribution in [3.63, 3.8) is 0 Å². The van der Waals surface area contributed by atoms with Gasteiger partial charge in [-0.15, -0.1) is 0 Å². The van der Waals surface area contributed by atoms with Gasteiger partial charge in [0.05, 0.1) is 33.8 Å². The lowest BCUT2D eigenvalue weighted by molar-refractivity contribution is 1.30. The molecule has 1 N–H and O–H groups in total. The Labute approximate surface area is 354 Å². The molecule has 0 unspecified atom stereocenters. The first kappa shape index (κ1) is 34.9. The molecule has 0 saturated carbocycles. The minimum absolute atomic E-state index is 0.897. The zero-order valence-corrected chi connectivity index (χ0v) is 33.2. The van der Waals surface area contributed by atoms with Gasteiger partial charge in [-0.1, -0.05) is 152 Å². The van der Waals surface area contributed by atoms with Crippen molar-refractivity contribution in [2.75, 3.05) is 0 Å². The largest absolute Gasteiger partial charge is 0.353 e. The fraction of sp³-hybridized carbons (Fsp3) is 0. The molecular weight excluding hydrogens is 739 g/mol. The number of hydrogen-bond acceptors (Lipinski definition) is 2. The molecule has 0 saturated heterocycles. The quantitative estimate of drug-likeness (QED) is 0.189. The third-order valence-corrected chi connectivity index (χ3v) is 12.1. The van der Waals surface area contributed by atoms with Crippen LogP contribution in [-0.2, 0) is 0 Å². The van der Waals surface area contributed by atoms with E-state index < -0.39 is 0 Å². The van der Waals surface area contributed by atoms with E-state index in [0.717, 1.165) is 122 Å². The van der Waals surface area contributed by atoms with Crippen LogP contribution in [0.2, 0.25) is 0 Å². The SMILES string of the molecule is c1ccc(-c2cc3cc(c2)-c2cc(-c4ccccc4)cc(n2)-c2cc(-c4ccccc4)cc4c2[nH]c2c(cc(-c5ccccc5)cc24)-c2cc(-c4ccccc4)cc-3n2)cc1. The van der Waals surface area contributed by atoms with Gasteiger partial charge in [0.2, 0.25) is 0 Å². The van der Waals surface area contributed by atoms with Gasteiger partial charge >= 0.3 is 0 Å². The van der Waals surface area contributed by atoms with Crippen molar-refractivity contribution in [3.8, 4) is 101 Å². The Morgan fingerprint density at radius 1 is 0.230 bits per heavy atom. The zero-order valence-electron chi connectivity index (χ0n) is 33.2. The highest BCUT2D eigenvalue weighted by Crippen LogP contribution is 2.45. The average molecular weight is 776 g/mol. The van der Waals surface area contributed by atoms with Gasteiger partial charge in [0.1, 0.15) is 0 Å². The van der Waals surface area contributed by atoms with Gasteiger partial charge < -0.3 is 4.98 Å². The van der Waals surface area contributed by atoms with E-state index in [1.807, 2.05) is 0 Å². The van der Waals surface area contributed by atoms with Crippen molar-refractivity contribution in [2.45, 2.75) is 0 Å². The first-order valence-corrected chi connectivity index (χ1v) is 20.8. The fourth-order valence-corrected chi connectivity index (χ4v) is 9.05. The molecule has 3 aromatic heterocycles. The molecule has 11 aromatic rings. The van der Waals surface area contributed by atoms with E-state index in [4.69, 9.17) is 9.97 Å². The molecule has 0 spiro atoms. The Morgan fingerprint density at radius 2 is 0.508 bits per heavy atom. The first-order valence-electron chi connectivity index (χ1n) is 20.8. The summed E-state index contributed by atoms with van der Waals surface area (Å²) >= 11 is 0. The molecule has 3 heteroatoms. The fourth-order valence-electron chi connectivity index (χ4n) is 9.05. The van der Waals surface area contributed by atoms with E-state index in [1.54, 1.807) is 0 Å². The second-order valence-corrected chi connectivity index (χ2v) is 15.9. The van der Waals surface area contributed by atoms with Gasteiger partial charge in [-0.2, -0.15) is 0 Å². The summed E-state index contributed by atoms with van der Waals surface area (Å²) in [4.78, 5) is 15.3. The number of aromatic nitrogens is 3. The number of benzene rings is 8. The normalized spacial score (nSPS) is 11.6. The van der Waals surface area contributed by atoms with Crippen molar-refractivity contribution in [1.29, 1.82) is 0 Å². The Hall–Kier alpha value is -8.14. The highest BCUT2D eigenvalue weighted by atomic mass is 14.8. The Balaban J connectivity index is 1.27. The van der Waals surface area contributed by atoms with E-state index >= 15 is 0 Å². The predicted molar refractivity (Wildman–Crippen MR) is 254 cm³/mol. The highest BCUT2D eigenvalue weighted by Gasteiger charge is 2.22. The van der Waals surface area contributed by atoms with Crippen LogP contribution in [0.25, 0.3) is 122 Å². The molecule has 1 aliphatic rings. The summed E-state index contributed by atoms with van der Waals surface area (Å²) in [5, 5.41) is 2.28. The third-order valence-electron chi connectivity index (χ3n) is 12.1. The Kier molecular flexibility index (Phi) is 8.17. The number of hydrogen-bond donors (Lipinski definition) is 1. The molecule has 0 amide bonds. The van der Waals surface area contributed by atoms with Crippen molar-refractivity contribution >= 4 is 21.8 Å². The molecule has 3 nitrogen and oxygen atoms in total. The lowest BCUT2D eigenvalue weighted by Crippen LogP contribution is -1.96. The highest BCUT2D eigenvalue weighted by molar-refractivity contribution is 6.17. The van der Waals surface area contributed by atoms with Crippen LogP contribution in [-0.4, -0.2) is 15.0 Å². The number of pyridine rings is 2. The third kappa shape index (κ3) is 6.23. The van der Waals surface area contributed by atoms with Crippen LogP contribution in [0.4, 0.5) is 0 Å². The molecule has 4 heterocycles. The van der Waals surface area contributed by atoms with Gasteiger partial charge in [-0.05, 0) is 122 Å². The van der Waals surface area contributed by atoms with Gasteiger partial charge in [-0.3, -0.25) is 0 Å². The summed E-state index contributed by atoms with van der Waals surface area (Å²) in [6.45, 7) is 0. The van der Waals surface area contributed by atoms with E-state index in [1.165, 1.54) is 0 Å². The molecular formula is C58H37N3. The van der Waals surface area contributed by atoms with Crippen molar-refractivity contribution < 1.29 is 0 Å². The van der Waals surface area contributed by atoms with E-state index in [0.29, 0.717) is 0 Å². The van der Waals surface area contributed by atoms with Gasteiger partial charge in [0, 0.05) is 33.0 Å². The van der Waals surface area contributed by atoms with Crippen LogP contribution in [0.15, 0.2) is 218 Å². The molecule has 0 aliphatic carbocycles. The monoisotopic (exact) mass is 775 g/mol. The van der Waals surface area contributed by atoms with Crippen LogP contribution in [0.5, 0.6) is 0 Å². The number of rotatable bonds is 5. The molecule has 1 aliphatic heterocycles. The minimum Gasteiger partial charge on any atom is -0.353 e. The second kappa shape index (κ2) is 14.3. The molecule has 8 bridgehead atoms. The summed E-state index contributed by atoms with van der Waals surface area (Å²) in [6, 6.07) is 78.5. The maximum atomic E-state index is 5.63. The zero-order chi connectivity index (χ0) is 40.3. The van der Waals surface area contributed by atoms with Gasteiger partial charge in [-0.25, -0.2) is 9.97 Å². The topological polar surface area (TPSA) is 41.6 Å². The van der Waals surface area contributed by atoms with Crippen LogP contribution in [0.3, 0.4) is 0 Å². The molecule has 12 rings (SSSR count). The van der Waals surface area contributed by atoms with Crippen LogP contribution < -0.4 is 0 Å². The number of nitrogens with one attached hydrogen (secondary N) is 1. The smallest absolute Gasteiger partial charge is 0.0737 e. The van der Waals surface area contributed by atoms with E-state index in [9.17, 15) is 0 Å². The molecule has 0 radical (unpaired) electrons. The summed E-state index contributed by atoms with van der Waals surface area (Å²) in [5.74, 6) is 0. The number of aromatic amines is 1. The predicted octanol–water partition coefficient (Wildman–Crippen LogP) is 15.4. The average Bonchev–Trinajstić information content (AvgIpc) is 3.72. The maximum Gasteiger partial charge on any atom is 0.0737 e. The van der Waals surface area contributed by atoms with Crippen LogP contribution >= 0.6 is 0 Å². The van der Waals surface area contributed by atoms with Crippen molar-refractivity contribution in [3.05, 3.63) is 218 Å². The number of H-pyrrole nitrogens is 1. The standard InChI is InChI=1S/C58H37N3/c1-6-16-37(17-7-1)42-26-47-28-48(27-42)54-34-46(41-24-14-5-15-25-41)36-56(60-54)52-32-44(39-20-10-3-11-21-39)30-50-49-29-43(38-18-8-2-9-19-38)31-51(57(49)61-58(50)52)55-35-45(33-53(47)59-55)40-22-12-4-13-23-40/h1-36,61H. The van der Waals surface area contributed by atoms with Crippen molar-refractivity contribution in [2.24, 2.45) is 0 Å². The lowest BCUT2D eigenvalue weighted by atomic mass is 9.93. The molecule has 61 heavy (non-hydrogen) atoms. The van der Waals surface area contributed by atoms with E-state index in [2.05, 4.69) is 223 Å². The number of fused-ring (bicyclic) bond motifs is 11. The Morgan fingerprint density at radius 3 is 0.852 bits per heavy atom. The molecule has 0 fully saturated rings. The van der Waals surface area contributed by atoms with Gasteiger partial charge in [0.25, 0.3) is 0 Å². The summed E-state index contributed by atoms with van der Waals surface area (Å²) < 4.78 is 0. The molecule has 284 valence electrons. The van der Waals surface area contributed by atoms with E-state index in [-0.39, 0.29) is 0 Å². The lowest BCUT2D eigenvalue weighted by Gasteiger charge is -2.16. The van der Waals surface area contributed by atoms with Gasteiger partial charge in [0.15, 0.2) is 0 Å². The summed E-state index contributed by atoms with van der Waals surface area (Å²) in [5.41, 5.74) is 21.1. The Bertz CT molecular complexity index is 3220. The van der Waals surface area contributed by atoms with Crippen LogP contribution in [0, 0.1) is 0 Å². The molecule has 0 atom stereocenters. The second-order valence-electron chi connectivity index (χ2n) is 15.9. The van der Waals surface area contributed by atoms with Crippen molar-refractivity contribution in [1.82, 2.24) is 15.0 Å². The summed E-state index contributed by atoms with van der Waals surface area (Å²) in [6.07, 6.45) is 0. The summed E-state index contributed by atoms with van der Waals surface area (Å²) in [7, 11) is 0.